The molecule has 104 valence electrons. The van der Waals surface area contributed by atoms with Crippen LogP contribution in [0.5, 0.6) is 0 Å². The van der Waals surface area contributed by atoms with E-state index < -0.39 is 5.97 Å². The Balaban J connectivity index is 2.06. The molecule has 2 aromatic rings. The molecule has 0 unspecified atom stereocenters. The van der Waals surface area contributed by atoms with Gasteiger partial charge in [-0.15, -0.1) is 0 Å². The molecule has 0 aliphatic rings. The van der Waals surface area contributed by atoms with E-state index in [0.717, 1.165) is 6.08 Å². The van der Waals surface area contributed by atoms with E-state index in [1.165, 1.54) is 30.2 Å². The van der Waals surface area contributed by atoms with E-state index in [9.17, 15) is 9.18 Å². The van der Waals surface area contributed by atoms with Gasteiger partial charge in [-0.3, -0.25) is 0 Å². The Kier molecular flexibility index (Phi) is 4.52. The van der Waals surface area contributed by atoms with Crippen LogP contribution >= 0.6 is 11.8 Å². The number of rotatable bonds is 5. The van der Waals surface area contributed by atoms with Crippen LogP contribution in [0.15, 0.2) is 35.8 Å². The van der Waals surface area contributed by atoms with Crippen molar-refractivity contribution in [2.75, 3.05) is 0 Å². The lowest BCUT2D eigenvalue weighted by Gasteiger charge is -2.04. The minimum Gasteiger partial charge on any atom is -0.478 e. The van der Waals surface area contributed by atoms with Crippen LogP contribution in [0.2, 0.25) is 0 Å². The van der Waals surface area contributed by atoms with E-state index in [-0.39, 0.29) is 5.82 Å². The van der Waals surface area contributed by atoms with E-state index in [2.05, 4.69) is 10.1 Å². The molecule has 0 atom stereocenters. The highest BCUT2D eigenvalue weighted by atomic mass is 32.2. The molecule has 0 aliphatic carbocycles. The molecule has 5 nitrogen and oxygen atoms in total. The van der Waals surface area contributed by atoms with Crippen molar-refractivity contribution in [3.05, 3.63) is 47.5 Å². The number of aryl methyl sites for hydroxylation is 1. The van der Waals surface area contributed by atoms with Crippen molar-refractivity contribution < 1.29 is 14.3 Å². The van der Waals surface area contributed by atoms with Crippen molar-refractivity contribution in [1.82, 2.24) is 14.8 Å². The summed E-state index contributed by atoms with van der Waals surface area (Å²) in [5.74, 6) is -0.999. The Hall–Kier alpha value is -2.15. The molecular weight excluding hydrogens is 281 g/mol. The van der Waals surface area contributed by atoms with Gasteiger partial charge in [0.2, 0.25) is 0 Å². The molecule has 0 amide bonds. The van der Waals surface area contributed by atoms with Gasteiger partial charge in [0.25, 0.3) is 0 Å². The molecule has 1 aromatic carbocycles. The fraction of sp³-hybridized carbons (Fsp3) is 0.154. The van der Waals surface area contributed by atoms with E-state index >= 15 is 0 Å². The van der Waals surface area contributed by atoms with Gasteiger partial charge in [-0.1, -0.05) is 23.9 Å². The highest BCUT2D eigenvalue weighted by molar-refractivity contribution is 7.98. The van der Waals surface area contributed by atoms with Gasteiger partial charge in [0, 0.05) is 18.9 Å². The fourth-order valence-electron chi connectivity index (χ4n) is 1.51. The van der Waals surface area contributed by atoms with Crippen molar-refractivity contribution in [2.45, 2.75) is 10.9 Å². The van der Waals surface area contributed by atoms with Gasteiger partial charge in [0.05, 0.1) is 0 Å². The number of aliphatic carboxylic acids is 1. The lowest BCUT2D eigenvalue weighted by molar-refractivity contribution is -0.131. The van der Waals surface area contributed by atoms with Crippen LogP contribution in [0.1, 0.15) is 11.1 Å². The SMILES string of the molecule is Cn1ncnc1SCc1ccc(/C=C/C(=O)O)cc1F. The molecule has 1 aromatic heterocycles. The van der Waals surface area contributed by atoms with E-state index in [4.69, 9.17) is 5.11 Å². The summed E-state index contributed by atoms with van der Waals surface area (Å²) in [6, 6.07) is 4.63. The first-order valence-electron chi connectivity index (χ1n) is 5.72. The highest BCUT2D eigenvalue weighted by Crippen LogP contribution is 2.22. The predicted molar refractivity (Wildman–Crippen MR) is 73.6 cm³/mol. The number of carboxylic acid groups (broad SMARTS) is 1. The average Bonchev–Trinajstić information content (AvgIpc) is 2.81. The lowest BCUT2D eigenvalue weighted by atomic mass is 10.1. The Morgan fingerprint density at radius 3 is 2.95 bits per heavy atom. The number of halogens is 1. The van der Waals surface area contributed by atoms with E-state index in [1.54, 1.807) is 23.9 Å². The van der Waals surface area contributed by atoms with Crippen LogP contribution in [-0.4, -0.2) is 25.8 Å². The third kappa shape index (κ3) is 3.67. The standard InChI is InChI=1S/C13H12FN3O2S/c1-17-13(15-8-16-17)20-7-10-4-2-9(6-11(10)14)3-5-12(18)19/h2-6,8H,7H2,1H3,(H,18,19)/b5-3+. The number of benzene rings is 1. The van der Waals surface area contributed by atoms with Crippen LogP contribution < -0.4 is 0 Å². The fourth-order valence-corrected chi connectivity index (χ4v) is 2.38. The molecule has 0 spiro atoms. The molecule has 0 saturated carbocycles. The van der Waals surface area contributed by atoms with Crippen molar-refractivity contribution >= 4 is 23.8 Å². The minimum atomic E-state index is -1.06. The number of carboxylic acids is 1. The van der Waals surface area contributed by atoms with Gasteiger partial charge in [0.1, 0.15) is 12.1 Å². The number of hydrogen-bond donors (Lipinski definition) is 1. The summed E-state index contributed by atoms with van der Waals surface area (Å²) in [6.07, 6.45) is 3.77. The Bertz CT molecular complexity index is 655. The van der Waals surface area contributed by atoms with Crippen molar-refractivity contribution in [1.29, 1.82) is 0 Å². The first-order valence-corrected chi connectivity index (χ1v) is 6.71. The Labute approximate surface area is 119 Å². The Morgan fingerprint density at radius 1 is 1.55 bits per heavy atom. The molecule has 0 radical (unpaired) electrons. The lowest BCUT2D eigenvalue weighted by Crippen LogP contribution is -1.94. The monoisotopic (exact) mass is 293 g/mol. The van der Waals surface area contributed by atoms with Gasteiger partial charge in [0.15, 0.2) is 5.16 Å². The molecular formula is C13H12FN3O2S. The Morgan fingerprint density at radius 2 is 2.35 bits per heavy atom. The summed E-state index contributed by atoms with van der Waals surface area (Å²) in [4.78, 5) is 14.4. The number of aromatic nitrogens is 3. The summed E-state index contributed by atoms with van der Waals surface area (Å²) in [5, 5.41) is 13.2. The molecule has 0 aliphatic heterocycles. The highest BCUT2D eigenvalue weighted by Gasteiger charge is 2.06. The number of hydrogen-bond acceptors (Lipinski definition) is 4. The first kappa shape index (κ1) is 14.3. The van der Waals surface area contributed by atoms with Gasteiger partial charge in [-0.2, -0.15) is 5.10 Å². The van der Waals surface area contributed by atoms with Crippen molar-refractivity contribution in [2.24, 2.45) is 7.05 Å². The summed E-state index contributed by atoms with van der Waals surface area (Å²) in [7, 11) is 1.77. The second-order valence-corrected chi connectivity index (χ2v) is 4.92. The van der Waals surface area contributed by atoms with Crippen molar-refractivity contribution in [3.63, 3.8) is 0 Å². The molecule has 1 heterocycles. The molecule has 2 rings (SSSR count). The van der Waals surface area contributed by atoms with E-state index in [1.807, 2.05) is 0 Å². The smallest absolute Gasteiger partial charge is 0.328 e. The molecule has 0 fully saturated rings. The first-order chi connectivity index (χ1) is 9.56. The quantitative estimate of drug-likeness (QED) is 0.677. The molecule has 0 bridgehead atoms. The average molecular weight is 293 g/mol. The summed E-state index contributed by atoms with van der Waals surface area (Å²) in [6.45, 7) is 0. The van der Waals surface area contributed by atoms with Gasteiger partial charge in [-0.05, 0) is 23.3 Å². The van der Waals surface area contributed by atoms with Crippen LogP contribution in [0.4, 0.5) is 4.39 Å². The second-order valence-electron chi connectivity index (χ2n) is 3.98. The molecule has 0 saturated heterocycles. The van der Waals surface area contributed by atoms with Crippen LogP contribution in [0, 0.1) is 5.82 Å². The van der Waals surface area contributed by atoms with Crippen molar-refractivity contribution in [3.8, 4) is 0 Å². The third-order valence-electron chi connectivity index (χ3n) is 2.52. The van der Waals surface area contributed by atoms with Gasteiger partial charge in [-0.25, -0.2) is 18.9 Å². The molecule has 7 heteroatoms. The summed E-state index contributed by atoms with van der Waals surface area (Å²) >= 11 is 1.38. The third-order valence-corrected chi connectivity index (χ3v) is 3.61. The van der Waals surface area contributed by atoms with Gasteiger partial charge >= 0.3 is 5.97 Å². The molecule has 1 N–H and O–H groups in total. The zero-order chi connectivity index (χ0) is 14.5. The maximum atomic E-state index is 13.9. The van der Waals surface area contributed by atoms with Crippen LogP contribution in [-0.2, 0) is 17.6 Å². The maximum Gasteiger partial charge on any atom is 0.328 e. The topological polar surface area (TPSA) is 68.0 Å². The summed E-state index contributed by atoms with van der Waals surface area (Å²) in [5.41, 5.74) is 1.04. The number of thioether (sulfide) groups is 1. The number of nitrogens with zero attached hydrogens (tertiary/aromatic N) is 3. The maximum absolute atomic E-state index is 13.9. The second kappa shape index (κ2) is 6.33. The predicted octanol–water partition coefficient (Wildman–Crippen LogP) is 2.34. The largest absolute Gasteiger partial charge is 0.478 e. The van der Waals surface area contributed by atoms with Gasteiger partial charge < -0.3 is 5.11 Å². The normalized spacial score (nSPS) is 11.1. The zero-order valence-corrected chi connectivity index (χ0v) is 11.5. The van der Waals surface area contributed by atoms with Crippen LogP contribution in [0.3, 0.4) is 0 Å². The summed E-state index contributed by atoms with van der Waals surface area (Å²) < 4.78 is 15.5. The minimum absolute atomic E-state index is 0.368. The van der Waals surface area contributed by atoms with E-state index in [0.29, 0.717) is 22.0 Å². The zero-order valence-electron chi connectivity index (χ0n) is 10.7. The van der Waals surface area contributed by atoms with Crippen LogP contribution in [0.25, 0.3) is 6.08 Å². The molecule has 20 heavy (non-hydrogen) atoms. The number of carbonyl (C=O) groups is 1.